The van der Waals surface area contributed by atoms with Crippen molar-refractivity contribution >= 4 is 27.1 Å². The second kappa shape index (κ2) is 6.26. The molecule has 25 heavy (non-hydrogen) atoms. The number of carbonyl (C=O) groups is 1. The molecule has 1 fully saturated rings. The van der Waals surface area contributed by atoms with Gasteiger partial charge in [-0.15, -0.1) is 0 Å². The number of nitrogens with zero attached hydrogens (tertiary/aromatic N) is 4. The molecule has 0 bridgehead atoms. The Morgan fingerprint density at radius 1 is 1.16 bits per heavy atom. The predicted molar refractivity (Wildman–Crippen MR) is 88.4 cm³/mol. The van der Waals surface area contributed by atoms with E-state index >= 15 is 0 Å². The van der Waals surface area contributed by atoms with Crippen LogP contribution >= 0.6 is 0 Å². The van der Waals surface area contributed by atoms with E-state index in [1.54, 1.807) is 32.9 Å². The van der Waals surface area contributed by atoms with E-state index in [0.29, 0.717) is 5.52 Å². The predicted octanol–water partition coefficient (Wildman–Crippen LogP) is 1.46. The molecular weight excluding hydrogens is 348 g/mol. The Bertz CT molecular complexity index is 879. The number of piperazine rings is 1. The number of aromatic nitrogens is 2. The molecule has 0 atom stereocenters. The van der Waals surface area contributed by atoms with E-state index < -0.39 is 21.7 Å². The average Bonchev–Trinajstić information content (AvgIpc) is 3.01. The quantitative estimate of drug-likeness (QED) is 0.790. The minimum atomic E-state index is -3.75. The first-order valence-electron chi connectivity index (χ1n) is 7.88. The molecule has 1 aromatic carbocycles. The van der Waals surface area contributed by atoms with Crippen LogP contribution in [0.15, 0.2) is 27.7 Å². The van der Waals surface area contributed by atoms with Gasteiger partial charge in [-0.1, -0.05) is 6.07 Å². The summed E-state index contributed by atoms with van der Waals surface area (Å²) in [7, 11) is -3.75. The van der Waals surface area contributed by atoms with Gasteiger partial charge in [-0.3, -0.25) is 0 Å². The molecule has 0 aliphatic carbocycles. The molecule has 1 saturated heterocycles. The van der Waals surface area contributed by atoms with Crippen molar-refractivity contribution in [1.29, 1.82) is 0 Å². The monoisotopic (exact) mass is 368 g/mol. The van der Waals surface area contributed by atoms with Crippen LogP contribution in [0.2, 0.25) is 0 Å². The van der Waals surface area contributed by atoms with E-state index in [1.165, 1.54) is 15.3 Å². The fourth-order valence-electron chi connectivity index (χ4n) is 2.57. The fraction of sp³-hybridized carbons (Fsp3) is 0.533. The number of carbonyl (C=O) groups excluding carboxylic acids is 1. The number of hydrogen-bond acceptors (Lipinski definition) is 7. The lowest BCUT2D eigenvalue weighted by atomic mass is 10.2. The van der Waals surface area contributed by atoms with Crippen LogP contribution in [0.3, 0.4) is 0 Å². The van der Waals surface area contributed by atoms with Crippen LogP contribution in [0.5, 0.6) is 0 Å². The molecule has 1 amide bonds. The third kappa shape index (κ3) is 3.59. The fourth-order valence-corrected chi connectivity index (χ4v) is 4.13. The normalized spacial score (nSPS) is 17.0. The van der Waals surface area contributed by atoms with Crippen molar-refractivity contribution in [1.82, 2.24) is 19.5 Å². The Morgan fingerprint density at radius 2 is 1.84 bits per heavy atom. The lowest BCUT2D eigenvalue weighted by molar-refractivity contribution is 0.0192. The number of amides is 1. The summed E-state index contributed by atoms with van der Waals surface area (Å²) in [5, 5.41) is 7.36. The number of ether oxygens (including phenoxy) is 1. The van der Waals surface area contributed by atoms with Crippen molar-refractivity contribution in [3.05, 3.63) is 18.2 Å². The number of sulfonamides is 1. The van der Waals surface area contributed by atoms with Crippen molar-refractivity contribution in [3.8, 4) is 0 Å². The van der Waals surface area contributed by atoms with E-state index in [9.17, 15) is 13.2 Å². The highest BCUT2D eigenvalue weighted by molar-refractivity contribution is 7.89. The molecule has 0 unspecified atom stereocenters. The van der Waals surface area contributed by atoms with Gasteiger partial charge in [0.25, 0.3) is 0 Å². The Kier molecular flexibility index (Phi) is 4.41. The molecular formula is C15H20N4O5S. The van der Waals surface area contributed by atoms with Crippen LogP contribution < -0.4 is 0 Å². The maximum Gasteiger partial charge on any atom is 0.410 e. The Balaban J connectivity index is 1.74. The maximum absolute atomic E-state index is 12.9. The molecule has 1 aliphatic rings. The summed E-state index contributed by atoms with van der Waals surface area (Å²) in [5.41, 5.74) is 0.00105. The van der Waals surface area contributed by atoms with Gasteiger partial charge in [-0.05, 0) is 43.2 Å². The summed E-state index contributed by atoms with van der Waals surface area (Å²) in [6, 6.07) is 4.70. The van der Waals surface area contributed by atoms with Crippen molar-refractivity contribution in [2.75, 3.05) is 26.2 Å². The van der Waals surface area contributed by atoms with E-state index in [1.807, 2.05) is 0 Å². The van der Waals surface area contributed by atoms with E-state index in [-0.39, 0.29) is 36.6 Å². The highest BCUT2D eigenvalue weighted by atomic mass is 32.2. The second-order valence-electron chi connectivity index (χ2n) is 6.76. The summed E-state index contributed by atoms with van der Waals surface area (Å²) < 4.78 is 37.1. The zero-order valence-corrected chi connectivity index (χ0v) is 15.1. The molecule has 1 aliphatic heterocycles. The number of rotatable bonds is 2. The maximum atomic E-state index is 12.9. The molecule has 0 radical (unpaired) electrons. The molecule has 1 aromatic heterocycles. The minimum absolute atomic E-state index is 0.0527. The molecule has 0 saturated carbocycles. The number of hydrogen-bond donors (Lipinski definition) is 0. The largest absolute Gasteiger partial charge is 0.444 e. The third-order valence-electron chi connectivity index (χ3n) is 3.76. The van der Waals surface area contributed by atoms with Crippen LogP contribution in [0.25, 0.3) is 11.0 Å². The molecule has 10 heteroatoms. The van der Waals surface area contributed by atoms with Gasteiger partial charge >= 0.3 is 6.09 Å². The second-order valence-corrected chi connectivity index (χ2v) is 8.67. The van der Waals surface area contributed by atoms with Crippen molar-refractivity contribution < 1.29 is 22.6 Å². The van der Waals surface area contributed by atoms with Crippen LogP contribution in [-0.4, -0.2) is 65.8 Å². The molecule has 9 nitrogen and oxygen atoms in total. The topological polar surface area (TPSA) is 106 Å². The molecule has 2 aromatic rings. The van der Waals surface area contributed by atoms with E-state index in [0.717, 1.165) is 0 Å². The lowest BCUT2D eigenvalue weighted by Crippen LogP contribution is -2.51. The zero-order valence-electron chi connectivity index (χ0n) is 14.3. The molecule has 0 spiro atoms. The summed E-state index contributed by atoms with van der Waals surface area (Å²) in [6.45, 7) is 6.27. The van der Waals surface area contributed by atoms with Gasteiger partial charge in [0, 0.05) is 26.2 Å². The number of benzene rings is 1. The zero-order chi connectivity index (χ0) is 18.2. The highest BCUT2D eigenvalue weighted by Gasteiger charge is 2.33. The highest BCUT2D eigenvalue weighted by Crippen LogP contribution is 2.24. The Morgan fingerprint density at radius 3 is 2.48 bits per heavy atom. The van der Waals surface area contributed by atoms with Gasteiger partial charge in [0.05, 0.1) is 0 Å². The first-order chi connectivity index (χ1) is 11.7. The van der Waals surface area contributed by atoms with Gasteiger partial charge in [0.1, 0.15) is 16.0 Å². The van der Waals surface area contributed by atoms with E-state index in [4.69, 9.17) is 4.74 Å². The van der Waals surface area contributed by atoms with Crippen LogP contribution in [0.1, 0.15) is 20.8 Å². The minimum Gasteiger partial charge on any atom is -0.444 e. The number of fused-ring (bicyclic) bond motifs is 1. The molecule has 0 N–H and O–H groups in total. The van der Waals surface area contributed by atoms with Crippen molar-refractivity contribution in [3.63, 3.8) is 0 Å². The molecule has 3 rings (SSSR count). The Hall–Kier alpha value is -2.20. The van der Waals surface area contributed by atoms with Gasteiger partial charge in [0.15, 0.2) is 5.52 Å². The first kappa shape index (κ1) is 17.6. The van der Waals surface area contributed by atoms with Crippen LogP contribution in [0.4, 0.5) is 4.79 Å². The molecule has 2 heterocycles. The van der Waals surface area contributed by atoms with Crippen LogP contribution in [-0.2, 0) is 14.8 Å². The van der Waals surface area contributed by atoms with Crippen LogP contribution in [0, 0.1) is 0 Å². The van der Waals surface area contributed by atoms with Gasteiger partial charge in [0.2, 0.25) is 10.0 Å². The van der Waals surface area contributed by atoms with Gasteiger partial charge < -0.3 is 9.64 Å². The third-order valence-corrected chi connectivity index (χ3v) is 5.69. The van der Waals surface area contributed by atoms with Crippen molar-refractivity contribution in [2.24, 2.45) is 0 Å². The Labute approximate surface area is 145 Å². The van der Waals surface area contributed by atoms with Crippen molar-refractivity contribution in [2.45, 2.75) is 31.3 Å². The summed E-state index contributed by atoms with van der Waals surface area (Å²) in [6.07, 6.45) is -0.438. The first-order valence-corrected chi connectivity index (χ1v) is 9.32. The summed E-state index contributed by atoms with van der Waals surface area (Å²) in [5.74, 6) is 0. The smallest absolute Gasteiger partial charge is 0.410 e. The average molecular weight is 368 g/mol. The van der Waals surface area contributed by atoms with E-state index in [2.05, 4.69) is 14.9 Å². The standard InChI is InChI=1S/C15H20N4O5S/c1-15(2,3)23-14(20)18-7-9-19(10-8-18)25(21,22)12-6-4-5-11-13(12)17-24-16-11/h4-6H,7-10H2,1-3H3. The lowest BCUT2D eigenvalue weighted by Gasteiger charge is -2.34. The van der Waals surface area contributed by atoms with Gasteiger partial charge in [-0.25, -0.2) is 17.8 Å². The summed E-state index contributed by atoms with van der Waals surface area (Å²) >= 11 is 0. The SMILES string of the molecule is CC(C)(C)OC(=O)N1CCN(S(=O)(=O)c2cccc3nonc23)CC1. The molecule has 136 valence electrons. The van der Waals surface area contributed by atoms with Gasteiger partial charge in [-0.2, -0.15) is 4.31 Å². The summed E-state index contributed by atoms with van der Waals surface area (Å²) in [4.78, 5) is 13.6.